The lowest BCUT2D eigenvalue weighted by atomic mass is 10.2. The number of aromatic nitrogens is 2. The van der Waals surface area contributed by atoms with Crippen molar-refractivity contribution in [2.24, 2.45) is 0 Å². The van der Waals surface area contributed by atoms with Gasteiger partial charge in [-0.05, 0) is 42.0 Å². The molecule has 0 amide bonds. The molecule has 1 fully saturated rings. The van der Waals surface area contributed by atoms with Crippen LogP contribution in [0.1, 0.15) is 5.56 Å². The van der Waals surface area contributed by atoms with E-state index in [9.17, 15) is 8.42 Å². The number of sulfonamides is 1. The van der Waals surface area contributed by atoms with Crippen molar-refractivity contribution in [3.05, 3.63) is 84.4 Å². The zero-order valence-electron chi connectivity index (χ0n) is 18.5. The molecule has 0 aliphatic carbocycles. The second-order valence-electron chi connectivity index (χ2n) is 8.04. The number of fused-ring (bicyclic) bond motifs is 1. The van der Waals surface area contributed by atoms with E-state index >= 15 is 0 Å². The van der Waals surface area contributed by atoms with Crippen molar-refractivity contribution in [1.29, 1.82) is 0 Å². The molecule has 4 aromatic rings. The number of piperazine rings is 1. The Kier molecular flexibility index (Phi) is 5.78. The Bertz CT molecular complexity index is 1340. The summed E-state index contributed by atoms with van der Waals surface area (Å²) in [6.07, 6.45) is 0. The Balaban J connectivity index is 1.38. The number of anilines is 1. The SMILES string of the molecule is COc1ccc(S(=O)(=O)N2CCN(c3nc4ccccc4n3Cc3ccccc3)CC2)cc1. The maximum atomic E-state index is 13.1. The lowest BCUT2D eigenvalue weighted by molar-refractivity contribution is 0.381. The third kappa shape index (κ3) is 4.19. The predicted molar refractivity (Wildman–Crippen MR) is 129 cm³/mol. The van der Waals surface area contributed by atoms with E-state index in [-0.39, 0.29) is 4.90 Å². The van der Waals surface area contributed by atoms with Gasteiger partial charge in [-0.1, -0.05) is 42.5 Å². The Morgan fingerprint density at radius 1 is 0.848 bits per heavy atom. The van der Waals surface area contributed by atoms with E-state index in [0.29, 0.717) is 38.5 Å². The monoisotopic (exact) mass is 462 g/mol. The van der Waals surface area contributed by atoms with Gasteiger partial charge in [-0.15, -0.1) is 0 Å². The first-order chi connectivity index (χ1) is 16.1. The summed E-state index contributed by atoms with van der Waals surface area (Å²) in [5.74, 6) is 1.51. The van der Waals surface area contributed by atoms with Crippen LogP contribution in [0.2, 0.25) is 0 Å². The van der Waals surface area contributed by atoms with Crippen molar-refractivity contribution in [3.8, 4) is 5.75 Å². The van der Waals surface area contributed by atoms with Crippen LogP contribution in [0, 0.1) is 0 Å². The van der Waals surface area contributed by atoms with Gasteiger partial charge in [0.1, 0.15) is 5.75 Å². The van der Waals surface area contributed by atoms with Crippen molar-refractivity contribution in [1.82, 2.24) is 13.9 Å². The molecule has 3 aromatic carbocycles. The number of rotatable bonds is 6. The molecule has 170 valence electrons. The number of hydrogen-bond acceptors (Lipinski definition) is 5. The average Bonchev–Trinajstić information content (AvgIpc) is 3.23. The first-order valence-corrected chi connectivity index (χ1v) is 12.4. The molecule has 1 aliphatic rings. The third-order valence-corrected chi connectivity index (χ3v) is 7.95. The zero-order chi connectivity index (χ0) is 22.8. The highest BCUT2D eigenvalue weighted by Gasteiger charge is 2.30. The zero-order valence-corrected chi connectivity index (χ0v) is 19.3. The van der Waals surface area contributed by atoms with Crippen molar-refractivity contribution >= 4 is 27.0 Å². The molecule has 0 radical (unpaired) electrons. The van der Waals surface area contributed by atoms with Gasteiger partial charge < -0.3 is 14.2 Å². The van der Waals surface area contributed by atoms with Gasteiger partial charge in [-0.3, -0.25) is 0 Å². The van der Waals surface area contributed by atoms with Crippen LogP contribution in [0.3, 0.4) is 0 Å². The van der Waals surface area contributed by atoms with Gasteiger partial charge in [0.15, 0.2) is 0 Å². The lowest BCUT2D eigenvalue weighted by Gasteiger charge is -2.34. The molecule has 0 atom stereocenters. The molecule has 33 heavy (non-hydrogen) atoms. The number of benzene rings is 3. The molecule has 0 unspecified atom stereocenters. The van der Waals surface area contributed by atoms with Crippen molar-refractivity contribution < 1.29 is 13.2 Å². The maximum absolute atomic E-state index is 13.1. The van der Waals surface area contributed by atoms with Crippen LogP contribution in [-0.2, 0) is 16.6 Å². The van der Waals surface area contributed by atoms with Crippen molar-refractivity contribution in [2.45, 2.75) is 11.4 Å². The Morgan fingerprint density at radius 3 is 2.21 bits per heavy atom. The van der Waals surface area contributed by atoms with Gasteiger partial charge in [0.2, 0.25) is 16.0 Å². The summed E-state index contributed by atoms with van der Waals surface area (Å²) >= 11 is 0. The van der Waals surface area contributed by atoms with Gasteiger partial charge >= 0.3 is 0 Å². The third-order valence-electron chi connectivity index (χ3n) is 6.04. The standard InChI is InChI=1S/C25H26N4O3S/c1-32-21-11-13-22(14-12-21)33(30,31)28-17-15-27(16-18-28)25-26-23-9-5-6-10-24(23)29(25)19-20-7-3-2-4-8-20/h2-14H,15-19H2,1H3. The van der Waals surface area contributed by atoms with Gasteiger partial charge in [-0.2, -0.15) is 4.31 Å². The van der Waals surface area contributed by atoms with Gasteiger partial charge in [0.05, 0.1) is 29.6 Å². The van der Waals surface area contributed by atoms with Crippen LogP contribution in [0.15, 0.2) is 83.8 Å². The van der Waals surface area contributed by atoms with E-state index in [1.807, 2.05) is 36.4 Å². The molecule has 1 saturated heterocycles. The average molecular weight is 463 g/mol. The molecule has 5 rings (SSSR count). The van der Waals surface area contributed by atoms with Crippen molar-refractivity contribution in [2.75, 3.05) is 38.2 Å². The normalized spacial score (nSPS) is 15.1. The van der Waals surface area contributed by atoms with Crippen LogP contribution < -0.4 is 9.64 Å². The topological polar surface area (TPSA) is 67.7 Å². The van der Waals surface area contributed by atoms with E-state index < -0.39 is 10.0 Å². The summed E-state index contributed by atoms with van der Waals surface area (Å²) in [7, 11) is -1.99. The summed E-state index contributed by atoms with van der Waals surface area (Å²) in [5, 5.41) is 0. The lowest BCUT2D eigenvalue weighted by Crippen LogP contribution is -2.49. The molecule has 1 aliphatic heterocycles. The number of nitrogens with zero attached hydrogens (tertiary/aromatic N) is 4. The van der Waals surface area contributed by atoms with E-state index in [0.717, 1.165) is 17.0 Å². The van der Waals surface area contributed by atoms with Crippen LogP contribution in [-0.4, -0.2) is 55.6 Å². The number of hydrogen-bond donors (Lipinski definition) is 0. The Labute approximate surface area is 193 Å². The molecular formula is C25H26N4O3S. The van der Waals surface area contributed by atoms with E-state index in [4.69, 9.17) is 9.72 Å². The van der Waals surface area contributed by atoms with Crippen molar-refractivity contribution in [3.63, 3.8) is 0 Å². The van der Waals surface area contributed by atoms with Gasteiger partial charge in [0.25, 0.3) is 0 Å². The molecule has 0 saturated carbocycles. The minimum Gasteiger partial charge on any atom is -0.497 e. The van der Waals surface area contributed by atoms with Crippen LogP contribution >= 0.6 is 0 Å². The maximum Gasteiger partial charge on any atom is 0.243 e. The van der Waals surface area contributed by atoms with E-state index in [2.05, 4.69) is 27.7 Å². The summed E-state index contributed by atoms with van der Waals surface area (Å²) in [4.78, 5) is 7.37. The molecule has 7 nitrogen and oxygen atoms in total. The molecule has 0 spiro atoms. The van der Waals surface area contributed by atoms with E-state index in [1.165, 1.54) is 5.56 Å². The molecule has 8 heteroatoms. The highest BCUT2D eigenvalue weighted by atomic mass is 32.2. The quantitative estimate of drug-likeness (QED) is 0.438. The minimum absolute atomic E-state index is 0.285. The number of para-hydroxylation sites is 2. The summed E-state index contributed by atoms with van der Waals surface area (Å²) < 4.78 is 35.2. The smallest absolute Gasteiger partial charge is 0.243 e. The van der Waals surface area contributed by atoms with Crippen LogP contribution in [0.5, 0.6) is 5.75 Å². The second-order valence-corrected chi connectivity index (χ2v) is 9.98. The highest BCUT2D eigenvalue weighted by Crippen LogP contribution is 2.27. The van der Waals surface area contributed by atoms with Gasteiger partial charge in [-0.25, -0.2) is 13.4 Å². The summed E-state index contributed by atoms with van der Waals surface area (Å²) in [5.41, 5.74) is 3.21. The first-order valence-electron chi connectivity index (χ1n) is 10.9. The Morgan fingerprint density at radius 2 is 1.52 bits per heavy atom. The molecule has 2 heterocycles. The molecule has 1 aromatic heterocycles. The molecular weight excluding hydrogens is 436 g/mol. The largest absolute Gasteiger partial charge is 0.497 e. The second kappa shape index (κ2) is 8.88. The van der Waals surface area contributed by atoms with Crippen LogP contribution in [0.25, 0.3) is 11.0 Å². The van der Waals surface area contributed by atoms with E-state index in [1.54, 1.807) is 35.7 Å². The highest BCUT2D eigenvalue weighted by molar-refractivity contribution is 7.89. The molecule has 0 N–H and O–H groups in total. The number of ether oxygens (including phenoxy) is 1. The fraction of sp³-hybridized carbons (Fsp3) is 0.240. The summed E-state index contributed by atoms with van der Waals surface area (Å²) in [6, 6.07) is 25.0. The minimum atomic E-state index is -3.55. The predicted octanol–water partition coefficient (Wildman–Crippen LogP) is 3.60. The fourth-order valence-electron chi connectivity index (χ4n) is 4.25. The number of methoxy groups -OCH3 is 1. The number of imidazole rings is 1. The molecule has 0 bridgehead atoms. The first kappa shape index (κ1) is 21.5. The van der Waals surface area contributed by atoms with Crippen LogP contribution in [0.4, 0.5) is 5.95 Å². The summed E-state index contributed by atoms with van der Waals surface area (Å²) in [6.45, 7) is 2.67. The fourth-order valence-corrected chi connectivity index (χ4v) is 5.67. The Hall–Kier alpha value is -3.36. The van der Waals surface area contributed by atoms with Gasteiger partial charge in [0, 0.05) is 26.2 Å².